The van der Waals surface area contributed by atoms with Crippen molar-refractivity contribution in [3.8, 4) is 0 Å². The van der Waals surface area contributed by atoms with Crippen molar-refractivity contribution < 1.29 is 42.1 Å². The second-order valence-electron chi connectivity index (χ2n) is 18.9. The van der Waals surface area contributed by atoms with Crippen LogP contribution in [-0.4, -0.2) is 74.9 Å². The Labute approximate surface area is 406 Å². The van der Waals surface area contributed by atoms with Crippen LogP contribution in [0, 0.1) is 0 Å². The molecule has 0 radical (unpaired) electrons. The number of esters is 2. The van der Waals surface area contributed by atoms with Gasteiger partial charge in [0.05, 0.1) is 27.7 Å². The lowest BCUT2D eigenvalue weighted by molar-refractivity contribution is -0.870. The third kappa shape index (κ3) is 50.9. The van der Waals surface area contributed by atoms with Crippen LogP contribution in [0.5, 0.6) is 0 Å². The Kier molecular flexibility index (Phi) is 45.7. The second-order valence-corrected chi connectivity index (χ2v) is 20.3. The van der Waals surface area contributed by atoms with Crippen LogP contribution in [0.1, 0.15) is 219 Å². The quantitative estimate of drug-likeness (QED) is 0.0211. The number of carbonyl (C=O) groups excluding carboxylic acids is 2. The summed E-state index contributed by atoms with van der Waals surface area (Å²) in [5, 5.41) is 0. The largest absolute Gasteiger partial charge is 0.472 e. The normalized spacial score (nSPS) is 14.0. The number of hydrogen-bond donors (Lipinski definition) is 1. The molecule has 2 unspecified atom stereocenters. The molecule has 10 heteroatoms. The van der Waals surface area contributed by atoms with Gasteiger partial charge in [0.25, 0.3) is 0 Å². The first-order valence-electron chi connectivity index (χ1n) is 26.7. The third-order valence-corrected chi connectivity index (χ3v) is 12.2. The van der Waals surface area contributed by atoms with Crippen LogP contribution in [0.2, 0.25) is 0 Å². The van der Waals surface area contributed by atoms with Gasteiger partial charge in [-0.25, -0.2) is 4.57 Å². The van der Waals surface area contributed by atoms with E-state index in [1.807, 2.05) is 27.2 Å². The van der Waals surface area contributed by atoms with Crippen LogP contribution in [0.4, 0.5) is 0 Å². The number of carbonyl (C=O) groups is 2. The Morgan fingerprint density at radius 2 is 0.879 bits per heavy atom. The summed E-state index contributed by atoms with van der Waals surface area (Å²) in [4.78, 5) is 35.5. The van der Waals surface area contributed by atoms with Crippen molar-refractivity contribution in [2.24, 2.45) is 0 Å². The number of phosphoric acid groups is 1. The van der Waals surface area contributed by atoms with Gasteiger partial charge >= 0.3 is 19.8 Å². The number of hydrogen-bond acceptors (Lipinski definition) is 7. The zero-order valence-electron chi connectivity index (χ0n) is 43.2. The van der Waals surface area contributed by atoms with Gasteiger partial charge in [-0.3, -0.25) is 18.6 Å². The molecule has 0 rings (SSSR count). The number of nitrogens with zero attached hydrogens (tertiary/aromatic N) is 1. The van der Waals surface area contributed by atoms with Crippen LogP contribution < -0.4 is 0 Å². The van der Waals surface area contributed by atoms with Gasteiger partial charge in [0.1, 0.15) is 19.8 Å². The van der Waals surface area contributed by atoms with E-state index in [1.165, 1.54) is 128 Å². The van der Waals surface area contributed by atoms with E-state index in [0.29, 0.717) is 23.9 Å². The molecule has 382 valence electrons. The topological polar surface area (TPSA) is 108 Å². The first kappa shape index (κ1) is 63.5. The minimum absolute atomic E-state index is 0.0184. The average Bonchev–Trinajstić information content (AvgIpc) is 3.27. The predicted molar refractivity (Wildman–Crippen MR) is 279 cm³/mol. The molecule has 0 saturated carbocycles. The van der Waals surface area contributed by atoms with Crippen LogP contribution >= 0.6 is 7.82 Å². The van der Waals surface area contributed by atoms with E-state index in [1.54, 1.807) is 0 Å². The van der Waals surface area contributed by atoms with E-state index in [-0.39, 0.29) is 32.0 Å². The van der Waals surface area contributed by atoms with Gasteiger partial charge in [0.15, 0.2) is 6.10 Å². The van der Waals surface area contributed by atoms with Crippen molar-refractivity contribution in [2.45, 2.75) is 225 Å². The van der Waals surface area contributed by atoms with Crippen molar-refractivity contribution in [1.82, 2.24) is 0 Å². The Bertz CT molecular complexity index is 1350. The zero-order valence-corrected chi connectivity index (χ0v) is 44.1. The molecule has 0 aromatic rings. The monoisotopic (exact) mass is 947 g/mol. The molecule has 0 aliphatic heterocycles. The van der Waals surface area contributed by atoms with E-state index < -0.39 is 26.5 Å². The van der Waals surface area contributed by atoms with E-state index in [9.17, 15) is 19.0 Å². The predicted octanol–water partition coefficient (Wildman–Crippen LogP) is 16.1. The smallest absolute Gasteiger partial charge is 0.462 e. The second kappa shape index (κ2) is 47.5. The molecule has 0 saturated heterocycles. The number of likely N-dealkylation sites (N-methyl/N-ethyl adjacent to an activating group) is 1. The van der Waals surface area contributed by atoms with Crippen LogP contribution in [-0.2, 0) is 32.7 Å². The number of phosphoric ester groups is 1. The fourth-order valence-electron chi connectivity index (χ4n) is 7.10. The lowest BCUT2D eigenvalue weighted by Gasteiger charge is -2.24. The van der Waals surface area contributed by atoms with Crippen molar-refractivity contribution in [1.29, 1.82) is 0 Å². The van der Waals surface area contributed by atoms with Gasteiger partial charge in [0.2, 0.25) is 0 Å². The summed E-state index contributed by atoms with van der Waals surface area (Å²) >= 11 is 0. The Morgan fingerprint density at radius 1 is 0.485 bits per heavy atom. The molecule has 0 aliphatic rings. The number of allylic oxidation sites excluding steroid dienone is 12. The summed E-state index contributed by atoms with van der Waals surface area (Å²) in [5.74, 6) is -0.866. The number of unbranched alkanes of at least 4 members (excludes halogenated alkanes) is 22. The number of rotatable bonds is 48. The standard InChI is InChI=1S/C56H100NO8P/c1-6-8-10-12-14-16-18-20-22-24-25-26-27-28-29-30-31-33-34-36-38-40-42-44-46-48-55(58)62-52-54(53-64-66(60,61)63-51-50-57(3,4)5)65-56(59)49-47-45-43-41-39-37-35-32-23-21-19-17-15-13-11-9-7-2/h9,11,15,17,21,23-25,35,37,41,43,54H,6-8,10,12-14,16,18-20,22,26-34,36,38-40,42,44-53H2,1-5H3/p+1/b11-9-,17-15-,23-21-,25-24-,37-35-,43-41-. The average molecular weight is 947 g/mol. The fraction of sp³-hybridized carbons (Fsp3) is 0.750. The van der Waals surface area contributed by atoms with Crippen molar-refractivity contribution in [3.05, 3.63) is 72.9 Å². The molecule has 0 spiro atoms. The van der Waals surface area contributed by atoms with Crippen LogP contribution in [0.3, 0.4) is 0 Å². The van der Waals surface area contributed by atoms with E-state index in [0.717, 1.165) is 51.4 Å². The molecule has 1 N–H and O–H groups in total. The number of ether oxygens (including phenoxy) is 2. The molecule has 0 heterocycles. The summed E-state index contributed by atoms with van der Waals surface area (Å²) in [5.41, 5.74) is 0. The molecule has 0 fully saturated rings. The summed E-state index contributed by atoms with van der Waals surface area (Å²) in [6.45, 7) is 4.26. The van der Waals surface area contributed by atoms with Crippen molar-refractivity contribution in [2.75, 3.05) is 47.5 Å². The summed E-state index contributed by atoms with van der Waals surface area (Å²) in [7, 11) is 1.44. The third-order valence-electron chi connectivity index (χ3n) is 11.2. The summed E-state index contributed by atoms with van der Waals surface area (Å²) < 4.78 is 34.4. The number of quaternary nitrogens is 1. The van der Waals surface area contributed by atoms with Gasteiger partial charge in [-0.15, -0.1) is 0 Å². The maximum absolute atomic E-state index is 12.7. The highest BCUT2D eigenvalue weighted by atomic mass is 31.2. The molecule has 0 aliphatic carbocycles. The van der Waals surface area contributed by atoms with Crippen LogP contribution in [0.25, 0.3) is 0 Å². The molecule has 0 amide bonds. The van der Waals surface area contributed by atoms with Crippen molar-refractivity contribution in [3.63, 3.8) is 0 Å². The van der Waals surface area contributed by atoms with E-state index in [4.69, 9.17) is 18.5 Å². The maximum atomic E-state index is 12.7. The SMILES string of the molecule is CC/C=C\C/C=C\C/C=C\C/C=C\C/C=C\CCCC(=O)OC(COC(=O)CCCCCCCCCCCCCCC/C=C\CCCCCCCCCC)COP(=O)(O)OCC[N+](C)(C)C. The van der Waals surface area contributed by atoms with Gasteiger partial charge < -0.3 is 18.9 Å². The zero-order chi connectivity index (χ0) is 48.5. The molecular formula is C56H101NO8P+. The fourth-order valence-corrected chi connectivity index (χ4v) is 7.85. The first-order chi connectivity index (χ1) is 32.0. The Hall–Kier alpha value is -2.55. The van der Waals surface area contributed by atoms with Crippen molar-refractivity contribution >= 4 is 19.8 Å². The van der Waals surface area contributed by atoms with Gasteiger partial charge in [-0.2, -0.15) is 0 Å². The molecular weight excluding hydrogens is 846 g/mol. The van der Waals surface area contributed by atoms with E-state index >= 15 is 0 Å². The van der Waals surface area contributed by atoms with Gasteiger partial charge in [0, 0.05) is 12.8 Å². The molecule has 0 bridgehead atoms. The minimum Gasteiger partial charge on any atom is -0.462 e. The highest BCUT2D eigenvalue weighted by Crippen LogP contribution is 2.43. The van der Waals surface area contributed by atoms with Gasteiger partial charge in [-0.1, -0.05) is 202 Å². The summed E-state index contributed by atoms with van der Waals surface area (Å²) in [6.07, 6.45) is 61.2. The minimum atomic E-state index is -4.40. The molecule has 0 aromatic carbocycles. The molecule has 0 aromatic heterocycles. The Balaban J connectivity index is 4.24. The van der Waals surface area contributed by atoms with E-state index in [2.05, 4.69) is 80.7 Å². The summed E-state index contributed by atoms with van der Waals surface area (Å²) in [6, 6.07) is 0. The maximum Gasteiger partial charge on any atom is 0.472 e. The Morgan fingerprint density at radius 3 is 1.35 bits per heavy atom. The van der Waals surface area contributed by atoms with Crippen LogP contribution in [0.15, 0.2) is 72.9 Å². The first-order valence-corrected chi connectivity index (χ1v) is 28.2. The molecule has 66 heavy (non-hydrogen) atoms. The molecule has 2 atom stereocenters. The highest BCUT2D eigenvalue weighted by molar-refractivity contribution is 7.47. The highest BCUT2D eigenvalue weighted by Gasteiger charge is 2.27. The van der Waals surface area contributed by atoms with Gasteiger partial charge in [-0.05, 0) is 77.0 Å². The lowest BCUT2D eigenvalue weighted by atomic mass is 10.0. The molecule has 9 nitrogen and oxygen atoms in total. The lowest BCUT2D eigenvalue weighted by Crippen LogP contribution is -2.37.